The Kier molecular flexibility index (Phi) is 3.80. The van der Waals surface area contributed by atoms with Crippen LogP contribution in [0.25, 0.3) is 23.0 Å². The highest BCUT2D eigenvalue weighted by atomic mass is 16.5. The van der Waals surface area contributed by atoms with Crippen LogP contribution in [0.15, 0.2) is 28.8 Å². The molecule has 9 heteroatoms. The first-order valence-electron chi connectivity index (χ1n) is 9.59. The van der Waals surface area contributed by atoms with Gasteiger partial charge in [-0.1, -0.05) is 23.4 Å². The Labute approximate surface area is 166 Å². The summed E-state index contributed by atoms with van der Waals surface area (Å²) in [5.74, 6) is 0.456. The summed E-state index contributed by atoms with van der Waals surface area (Å²) in [6.45, 7) is 1.66. The lowest BCUT2D eigenvalue weighted by molar-refractivity contribution is -0.123. The molecule has 2 aromatic heterocycles. The van der Waals surface area contributed by atoms with Crippen molar-refractivity contribution in [2.75, 3.05) is 0 Å². The maximum atomic E-state index is 12.2. The smallest absolute Gasteiger partial charge is 0.322 e. The average Bonchev–Trinajstić information content (AvgIpc) is 3.37. The van der Waals surface area contributed by atoms with Crippen molar-refractivity contribution < 1.29 is 14.1 Å². The molecule has 3 heterocycles. The van der Waals surface area contributed by atoms with Gasteiger partial charge in [0.2, 0.25) is 5.82 Å². The van der Waals surface area contributed by atoms with Crippen molar-refractivity contribution in [3.63, 3.8) is 0 Å². The van der Waals surface area contributed by atoms with Crippen LogP contribution in [-0.2, 0) is 30.2 Å². The lowest BCUT2D eigenvalue weighted by atomic mass is 9.91. The molecule has 9 nitrogen and oxygen atoms in total. The largest absolute Gasteiger partial charge is 0.332 e. The van der Waals surface area contributed by atoms with Gasteiger partial charge >= 0.3 is 6.03 Å². The summed E-state index contributed by atoms with van der Waals surface area (Å²) in [5.41, 5.74) is 3.35. The van der Waals surface area contributed by atoms with E-state index in [0.717, 1.165) is 37.1 Å². The molecule has 5 rings (SSSR count). The third-order valence-electron chi connectivity index (χ3n) is 5.69. The lowest BCUT2D eigenvalue weighted by Crippen LogP contribution is -2.40. The highest BCUT2D eigenvalue weighted by Gasteiger charge is 2.43. The number of hydrogen-bond acceptors (Lipinski definition) is 6. The van der Waals surface area contributed by atoms with E-state index in [0.29, 0.717) is 22.8 Å². The molecule has 3 aromatic rings. The summed E-state index contributed by atoms with van der Waals surface area (Å²) >= 11 is 0. The molecule has 1 aromatic carbocycles. The van der Waals surface area contributed by atoms with Crippen molar-refractivity contribution in [2.45, 2.75) is 38.1 Å². The van der Waals surface area contributed by atoms with Crippen LogP contribution >= 0.6 is 0 Å². The molecular formula is C20H20N6O3. The Hall–Kier alpha value is -3.49. The molecule has 1 atom stereocenters. The molecular weight excluding hydrogens is 372 g/mol. The molecule has 1 unspecified atom stereocenters. The van der Waals surface area contributed by atoms with E-state index < -0.39 is 17.5 Å². The van der Waals surface area contributed by atoms with Crippen LogP contribution in [0, 0.1) is 0 Å². The van der Waals surface area contributed by atoms with Gasteiger partial charge in [0.05, 0.1) is 5.69 Å². The minimum atomic E-state index is -1.14. The fraction of sp³-hybridized carbons (Fsp3) is 0.350. The van der Waals surface area contributed by atoms with E-state index in [1.165, 1.54) is 5.56 Å². The Morgan fingerprint density at radius 3 is 2.83 bits per heavy atom. The molecule has 0 saturated carbocycles. The monoisotopic (exact) mass is 392 g/mol. The first-order chi connectivity index (χ1) is 14.0. The molecule has 0 radical (unpaired) electrons. The highest BCUT2D eigenvalue weighted by molar-refractivity contribution is 6.07. The number of aryl methyl sites for hydroxylation is 2. The van der Waals surface area contributed by atoms with Crippen LogP contribution in [0.4, 0.5) is 4.79 Å². The van der Waals surface area contributed by atoms with E-state index in [1.807, 2.05) is 17.8 Å². The second-order valence-electron chi connectivity index (χ2n) is 7.64. The molecule has 0 spiro atoms. The molecule has 2 N–H and O–H groups in total. The summed E-state index contributed by atoms with van der Waals surface area (Å²) in [6.07, 6.45) is 4.20. The highest BCUT2D eigenvalue weighted by Crippen LogP contribution is 2.32. The van der Waals surface area contributed by atoms with Crippen LogP contribution in [0.1, 0.15) is 36.6 Å². The molecule has 29 heavy (non-hydrogen) atoms. The standard InChI is InChI=1S/C20H20N6O3/c1-20(18(27)22-19(28)23-20)12-7-5-6-11(10-12)16-21-17(29-25-16)15-13-8-3-4-9-14(13)24-26(15)2/h5-7,10H,3-4,8-9H2,1-2H3,(H2,22,23,27,28). The first kappa shape index (κ1) is 17.6. The van der Waals surface area contributed by atoms with Gasteiger partial charge in [0.25, 0.3) is 11.8 Å². The number of carbonyl (C=O) groups excluding carboxylic acids is 2. The van der Waals surface area contributed by atoms with E-state index in [4.69, 9.17) is 4.52 Å². The van der Waals surface area contributed by atoms with Crippen molar-refractivity contribution in [2.24, 2.45) is 7.05 Å². The van der Waals surface area contributed by atoms with Gasteiger partial charge in [-0.3, -0.25) is 14.8 Å². The maximum Gasteiger partial charge on any atom is 0.322 e. The van der Waals surface area contributed by atoms with Crippen LogP contribution in [0.3, 0.4) is 0 Å². The van der Waals surface area contributed by atoms with E-state index >= 15 is 0 Å². The van der Waals surface area contributed by atoms with E-state index in [2.05, 4.69) is 25.9 Å². The van der Waals surface area contributed by atoms with Gasteiger partial charge in [-0.2, -0.15) is 10.1 Å². The predicted molar refractivity (Wildman–Crippen MR) is 103 cm³/mol. The molecule has 148 valence electrons. The van der Waals surface area contributed by atoms with Gasteiger partial charge < -0.3 is 9.84 Å². The molecule has 1 aliphatic carbocycles. The predicted octanol–water partition coefficient (Wildman–Crippen LogP) is 2.07. The topological polar surface area (TPSA) is 115 Å². The SMILES string of the molecule is Cn1nc2c(c1-c1nc(-c3cccc(C4(C)NC(=O)NC4=O)c3)no1)CCCC2. The number of amides is 3. The summed E-state index contributed by atoms with van der Waals surface area (Å²) < 4.78 is 7.38. The normalized spacial score (nSPS) is 21.0. The number of aromatic nitrogens is 4. The quantitative estimate of drug-likeness (QED) is 0.660. The first-order valence-corrected chi connectivity index (χ1v) is 9.59. The van der Waals surface area contributed by atoms with Crippen molar-refractivity contribution >= 4 is 11.9 Å². The Morgan fingerprint density at radius 1 is 1.21 bits per heavy atom. The maximum absolute atomic E-state index is 12.2. The summed E-state index contributed by atoms with van der Waals surface area (Å²) in [5, 5.41) is 13.7. The number of fused-ring (bicyclic) bond motifs is 1. The number of carbonyl (C=O) groups is 2. The number of nitrogens with zero attached hydrogens (tertiary/aromatic N) is 4. The fourth-order valence-corrected chi connectivity index (χ4v) is 4.10. The van der Waals surface area contributed by atoms with Crippen molar-refractivity contribution in [1.82, 2.24) is 30.6 Å². The molecule has 3 amide bonds. The van der Waals surface area contributed by atoms with Gasteiger partial charge in [-0.15, -0.1) is 0 Å². The molecule has 1 aliphatic heterocycles. The fourth-order valence-electron chi connectivity index (χ4n) is 4.10. The van der Waals surface area contributed by atoms with Gasteiger partial charge in [-0.25, -0.2) is 4.79 Å². The number of benzene rings is 1. The van der Waals surface area contributed by atoms with Gasteiger partial charge in [0, 0.05) is 18.2 Å². The number of rotatable bonds is 3. The molecule has 0 bridgehead atoms. The van der Waals surface area contributed by atoms with Crippen LogP contribution < -0.4 is 10.6 Å². The number of urea groups is 1. The second-order valence-corrected chi connectivity index (χ2v) is 7.64. The minimum absolute atomic E-state index is 0.394. The van der Waals surface area contributed by atoms with E-state index in [1.54, 1.807) is 25.1 Å². The lowest BCUT2D eigenvalue weighted by Gasteiger charge is -2.21. The Bertz CT molecular complexity index is 1150. The third-order valence-corrected chi connectivity index (χ3v) is 5.69. The molecule has 2 aliphatic rings. The van der Waals surface area contributed by atoms with Crippen LogP contribution in [-0.4, -0.2) is 31.9 Å². The summed E-state index contributed by atoms with van der Waals surface area (Å²) in [4.78, 5) is 28.4. The Morgan fingerprint density at radius 2 is 2.03 bits per heavy atom. The zero-order chi connectivity index (χ0) is 20.2. The number of hydrogen-bond donors (Lipinski definition) is 2. The van der Waals surface area contributed by atoms with Gasteiger partial charge in [0.15, 0.2) is 0 Å². The van der Waals surface area contributed by atoms with Crippen LogP contribution in [0.5, 0.6) is 0 Å². The second kappa shape index (κ2) is 6.26. The average molecular weight is 392 g/mol. The Balaban J connectivity index is 1.52. The van der Waals surface area contributed by atoms with Gasteiger partial charge in [-0.05, 0) is 44.2 Å². The minimum Gasteiger partial charge on any atom is -0.332 e. The van der Waals surface area contributed by atoms with Crippen molar-refractivity contribution in [3.05, 3.63) is 41.1 Å². The van der Waals surface area contributed by atoms with Crippen molar-refractivity contribution in [1.29, 1.82) is 0 Å². The summed E-state index contributed by atoms with van der Waals surface area (Å²) in [7, 11) is 1.89. The van der Waals surface area contributed by atoms with Crippen molar-refractivity contribution in [3.8, 4) is 23.0 Å². The number of imide groups is 1. The number of nitrogens with one attached hydrogen (secondary N) is 2. The van der Waals surface area contributed by atoms with Gasteiger partial charge in [0.1, 0.15) is 11.2 Å². The molecule has 1 fully saturated rings. The zero-order valence-electron chi connectivity index (χ0n) is 16.2. The zero-order valence-corrected chi connectivity index (χ0v) is 16.2. The molecule has 1 saturated heterocycles. The van der Waals surface area contributed by atoms with E-state index in [9.17, 15) is 9.59 Å². The summed E-state index contributed by atoms with van der Waals surface area (Å²) in [6, 6.07) is 6.71. The van der Waals surface area contributed by atoms with Crippen LogP contribution in [0.2, 0.25) is 0 Å². The van der Waals surface area contributed by atoms with E-state index in [-0.39, 0.29) is 0 Å². The third kappa shape index (κ3) is 2.72.